The Morgan fingerprint density at radius 2 is 2.24 bits per heavy atom. The predicted octanol–water partition coefficient (Wildman–Crippen LogP) is 0.703. The minimum absolute atomic E-state index is 0.0311. The van der Waals surface area contributed by atoms with Gasteiger partial charge in [-0.3, -0.25) is 0 Å². The molecule has 2 heterocycles. The summed E-state index contributed by atoms with van der Waals surface area (Å²) in [6.45, 7) is 1.03. The molecule has 2 amide bonds. The minimum atomic E-state index is -3.09. The van der Waals surface area contributed by atoms with Crippen LogP contribution in [0, 0.1) is 0 Å². The molecule has 7 nitrogen and oxygen atoms in total. The van der Waals surface area contributed by atoms with Crippen LogP contribution < -0.4 is 10.1 Å². The highest BCUT2D eigenvalue weighted by molar-refractivity contribution is 7.91. The molecule has 1 atom stereocenters. The molecule has 138 valence electrons. The van der Waals surface area contributed by atoms with Gasteiger partial charge in [-0.25, -0.2) is 13.2 Å². The summed E-state index contributed by atoms with van der Waals surface area (Å²) in [7, 11) is -3.09. The zero-order valence-electron chi connectivity index (χ0n) is 14.1. The highest BCUT2D eigenvalue weighted by Crippen LogP contribution is 2.25. The Bertz CT molecular complexity index is 735. The maximum absolute atomic E-state index is 12.5. The second-order valence-electron chi connectivity index (χ2n) is 6.53. The van der Waals surface area contributed by atoms with Crippen LogP contribution in [0.3, 0.4) is 0 Å². The molecule has 1 aromatic rings. The first-order valence-corrected chi connectivity index (χ1v) is 10.4. The van der Waals surface area contributed by atoms with Gasteiger partial charge in [-0.2, -0.15) is 0 Å². The monoisotopic (exact) mass is 368 g/mol. The van der Waals surface area contributed by atoms with Crippen LogP contribution in [0.15, 0.2) is 18.2 Å². The highest BCUT2D eigenvalue weighted by Gasteiger charge is 2.34. The van der Waals surface area contributed by atoms with E-state index in [1.54, 1.807) is 0 Å². The summed E-state index contributed by atoms with van der Waals surface area (Å²) in [5.74, 6) is 0.966. The zero-order valence-corrected chi connectivity index (χ0v) is 14.9. The van der Waals surface area contributed by atoms with Crippen molar-refractivity contribution >= 4 is 15.9 Å². The van der Waals surface area contributed by atoms with Crippen molar-refractivity contribution in [2.24, 2.45) is 0 Å². The molecule has 2 N–H and O–H groups in total. The number of aliphatic hydroxyl groups is 1. The van der Waals surface area contributed by atoms with E-state index in [2.05, 4.69) is 5.32 Å². The van der Waals surface area contributed by atoms with Gasteiger partial charge < -0.3 is 20.1 Å². The molecule has 1 unspecified atom stereocenters. The highest BCUT2D eigenvalue weighted by atomic mass is 32.2. The van der Waals surface area contributed by atoms with Gasteiger partial charge in [0.2, 0.25) is 0 Å². The third kappa shape index (κ3) is 4.43. The summed E-state index contributed by atoms with van der Waals surface area (Å²) >= 11 is 0. The van der Waals surface area contributed by atoms with Crippen molar-refractivity contribution in [2.45, 2.75) is 31.8 Å². The summed E-state index contributed by atoms with van der Waals surface area (Å²) in [5.41, 5.74) is 2.12. The van der Waals surface area contributed by atoms with Crippen LogP contribution in [-0.4, -0.2) is 61.8 Å². The van der Waals surface area contributed by atoms with E-state index in [0.29, 0.717) is 13.0 Å². The SMILES string of the molecule is O=C(NCc1ccc2c(c1)CCCO2)N(CCO)C1CCS(=O)(=O)C1. The molecule has 8 heteroatoms. The molecule has 0 spiro atoms. The Balaban J connectivity index is 1.61. The fourth-order valence-electron chi connectivity index (χ4n) is 3.38. The molecular formula is C17H24N2O5S. The number of amides is 2. The van der Waals surface area contributed by atoms with Crippen LogP contribution in [0.2, 0.25) is 0 Å². The Kier molecular flexibility index (Phi) is 5.48. The fraction of sp³-hybridized carbons (Fsp3) is 0.588. The van der Waals surface area contributed by atoms with Crippen molar-refractivity contribution in [2.75, 3.05) is 31.3 Å². The van der Waals surface area contributed by atoms with E-state index in [9.17, 15) is 18.3 Å². The molecule has 0 radical (unpaired) electrons. The molecule has 3 rings (SSSR count). The molecule has 0 aliphatic carbocycles. The van der Waals surface area contributed by atoms with Crippen LogP contribution in [-0.2, 0) is 22.8 Å². The number of carbonyl (C=O) groups is 1. The Hall–Kier alpha value is -1.80. The van der Waals surface area contributed by atoms with Gasteiger partial charge in [-0.15, -0.1) is 0 Å². The summed E-state index contributed by atoms with van der Waals surface area (Å²) in [5, 5.41) is 12.0. The molecule has 1 fully saturated rings. The number of aryl methyl sites for hydroxylation is 1. The number of fused-ring (bicyclic) bond motifs is 1. The van der Waals surface area contributed by atoms with Crippen LogP contribution in [0.1, 0.15) is 24.0 Å². The lowest BCUT2D eigenvalue weighted by Crippen LogP contribution is -2.47. The molecule has 2 aliphatic rings. The van der Waals surface area contributed by atoms with Gasteiger partial charge >= 0.3 is 6.03 Å². The Morgan fingerprint density at radius 1 is 1.40 bits per heavy atom. The zero-order chi connectivity index (χ0) is 17.9. The number of hydrogen-bond donors (Lipinski definition) is 2. The van der Waals surface area contributed by atoms with E-state index in [4.69, 9.17) is 4.74 Å². The number of nitrogens with one attached hydrogen (secondary N) is 1. The van der Waals surface area contributed by atoms with Gasteiger partial charge in [0.05, 0.1) is 24.7 Å². The number of urea groups is 1. The van der Waals surface area contributed by atoms with E-state index < -0.39 is 9.84 Å². The number of benzene rings is 1. The molecule has 0 aromatic heterocycles. The van der Waals surface area contributed by atoms with Crippen molar-refractivity contribution in [1.29, 1.82) is 0 Å². The summed E-state index contributed by atoms with van der Waals surface area (Å²) in [6.07, 6.45) is 2.38. The van der Waals surface area contributed by atoms with Gasteiger partial charge in [0.1, 0.15) is 5.75 Å². The van der Waals surface area contributed by atoms with Crippen molar-refractivity contribution in [3.63, 3.8) is 0 Å². The van der Waals surface area contributed by atoms with Crippen LogP contribution in [0.5, 0.6) is 5.75 Å². The standard InChI is InChI=1S/C17H24N2O5S/c20-7-6-19(15-5-9-25(22,23)12-15)17(21)18-11-13-3-4-16-14(10-13)2-1-8-24-16/h3-4,10,15,20H,1-2,5-9,11-12H2,(H,18,21). The number of sulfone groups is 1. The number of rotatable bonds is 5. The topological polar surface area (TPSA) is 95.9 Å². The van der Waals surface area contributed by atoms with E-state index in [-0.39, 0.29) is 36.7 Å². The van der Waals surface area contributed by atoms with Crippen molar-refractivity contribution < 1.29 is 23.1 Å². The smallest absolute Gasteiger partial charge is 0.318 e. The lowest BCUT2D eigenvalue weighted by Gasteiger charge is -2.27. The van der Waals surface area contributed by atoms with Crippen molar-refractivity contribution in [3.8, 4) is 5.75 Å². The Labute approximate surface area is 147 Å². The first-order valence-electron chi connectivity index (χ1n) is 8.59. The van der Waals surface area contributed by atoms with E-state index in [0.717, 1.165) is 36.3 Å². The first-order chi connectivity index (χ1) is 12.0. The van der Waals surface area contributed by atoms with Crippen LogP contribution in [0.4, 0.5) is 4.79 Å². The first kappa shape index (κ1) is 18.0. The minimum Gasteiger partial charge on any atom is -0.493 e. The number of ether oxygens (including phenoxy) is 1. The maximum atomic E-state index is 12.5. The van der Waals surface area contributed by atoms with Crippen molar-refractivity contribution in [3.05, 3.63) is 29.3 Å². The summed E-state index contributed by atoms with van der Waals surface area (Å²) in [6, 6.07) is 5.16. The summed E-state index contributed by atoms with van der Waals surface area (Å²) < 4.78 is 28.9. The average Bonchev–Trinajstić information content (AvgIpc) is 2.97. The predicted molar refractivity (Wildman–Crippen MR) is 93.3 cm³/mol. The number of nitrogens with zero attached hydrogens (tertiary/aromatic N) is 1. The fourth-order valence-corrected chi connectivity index (χ4v) is 5.11. The van der Waals surface area contributed by atoms with Gasteiger partial charge in [0.25, 0.3) is 0 Å². The van der Waals surface area contributed by atoms with Gasteiger partial charge in [0, 0.05) is 19.1 Å². The third-order valence-electron chi connectivity index (χ3n) is 4.67. The largest absolute Gasteiger partial charge is 0.493 e. The van der Waals surface area contributed by atoms with Crippen LogP contribution >= 0.6 is 0 Å². The number of hydrogen-bond acceptors (Lipinski definition) is 5. The lowest BCUT2D eigenvalue weighted by atomic mass is 10.0. The molecule has 2 aliphatic heterocycles. The van der Waals surface area contributed by atoms with E-state index in [1.165, 1.54) is 4.90 Å². The van der Waals surface area contributed by atoms with Crippen LogP contribution in [0.25, 0.3) is 0 Å². The third-order valence-corrected chi connectivity index (χ3v) is 6.42. The van der Waals surface area contributed by atoms with Gasteiger partial charge in [0.15, 0.2) is 9.84 Å². The lowest BCUT2D eigenvalue weighted by molar-refractivity contribution is 0.157. The van der Waals surface area contributed by atoms with E-state index >= 15 is 0 Å². The number of carbonyl (C=O) groups excluding carboxylic acids is 1. The molecule has 0 bridgehead atoms. The molecule has 25 heavy (non-hydrogen) atoms. The second-order valence-corrected chi connectivity index (χ2v) is 8.76. The van der Waals surface area contributed by atoms with Gasteiger partial charge in [-0.05, 0) is 36.5 Å². The number of aliphatic hydroxyl groups excluding tert-OH is 1. The molecule has 1 saturated heterocycles. The quantitative estimate of drug-likeness (QED) is 0.798. The normalized spacial score (nSPS) is 21.2. The van der Waals surface area contributed by atoms with Gasteiger partial charge in [-0.1, -0.05) is 12.1 Å². The molecular weight excluding hydrogens is 344 g/mol. The summed E-state index contributed by atoms with van der Waals surface area (Å²) in [4.78, 5) is 13.9. The second kappa shape index (κ2) is 7.61. The molecule has 0 saturated carbocycles. The van der Waals surface area contributed by atoms with E-state index in [1.807, 2.05) is 18.2 Å². The van der Waals surface area contributed by atoms with Crippen molar-refractivity contribution in [1.82, 2.24) is 10.2 Å². The Morgan fingerprint density at radius 3 is 2.96 bits per heavy atom. The molecule has 1 aromatic carbocycles. The average molecular weight is 368 g/mol. The maximum Gasteiger partial charge on any atom is 0.318 e.